The zero-order chi connectivity index (χ0) is 26.5. The van der Waals surface area contributed by atoms with Crippen LogP contribution in [0.15, 0.2) is 46.6 Å². The van der Waals surface area contributed by atoms with Gasteiger partial charge in [-0.05, 0) is 67.2 Å². The maximum absolute atomic E-state index is 13.0. The first kappa shape index (κ1) is 26.2. The second-order valence-corrected chi connectivity index (χ2v) is 8.70. The van der Waals surface area contributed by atoms with E-state index in [1.54, 1.807) is 18.2 Å². The van der Waals surface area contributed by atoms with Gasteiger partial charge in [0.15, 0.2) is 21.6 Å². The SMILES string of the molecule is CCOc1ccc(CCN2C(=O)/C(=C\c3ccc(Cn4cc(Cl)c([N+](=O)[O-])n4)o3)NC2=S)cc1OCC. The predicted octanol–water partition coefficient (Wildman–Crippen LogP) is 4.18. The van der Waals surface area contributed by atoms with Gasteiger partial charge in [0.2, 0.25) is 0 Å². The number of furan rings is 1. The second-order valence-electron chi connectivity index (χ2n) is 7.90. The number of hydrogen-bond donors (Lipinski definition) is 1. The highest BCUT2D eigenvalue weighted by Crippen LogP contribution is 2.29. The Labute approximate surface area is 222 Å². The third kappa shape index (κ3) is 6.09. The molecule has 1 aliphatic heterocycles. The van der Waals surface area contributed by atoms with Gasteiger partial charge in [0, 0.05) is 12.6 Å². The van der Waals surface area contributed by atoms with E-state index in [0.29, 0.717) is 54.3 Å². The van der Waals surface area contributed by atoms with Crippen molar-refractivity contribution < 1.29 is 23.6 Å². The molecule has 1 aromatic carbocycles. The maximum Gasteiger partial charge on any atom is 0.408 e. The van der Waals surface area contributed by atoms with E-state index >= 15 is 0 Å². The van der Waals surface area contributed by atoms with Crippen LogP contribution in [0.3, 0.4) is 0 Å². The van der Waals surface area contributed by atoms with Crippen LogP contribution in [-0.2, 0) is 17.8 Å². The average molecular weight is 546 g/mol. The number of carbonyl (C=O) groups excluding carboxylic acids is 1. The second kappa shape index (κ2) is 11.4. The molecule has 0 saturated carbocycles. The number of nitrogens with zero attached hydrogens (tertiary/aromatic N) is 4. The summed E-state index contributed by atoms with van der Waals surface area (Å²) in [5, 5.41) is 17.9. The molecule has 4 rings (SSSR count). The molecule has 2 aromatic heterocycles. The highest BCUT2D eigenvalue weighted by atomic mass is 35.5. The minimum Gasteiger partial charge on any atom is -0.490 e. The van der Waals surface area contributed by atoms with Crippen LogP contribution < -0.4 is 14.8 Å². The minimum atomic E-state index is -0.656. The fourth-order valence-electron chi connectivity index (χ4n) is 3.72. The van der Waals surface area contributed by atoms with E-state index in [1.165, 1.54) is 15.8 Å². The van der Waals surface area contributed by atoms with Crippen molar-refractivity contribution in [3.8, 4) is 11.5 Å². The molecule has 3 aromatic rings. The quantitative estimate of drug-likeness (QED) is 0.163. The standard InChI is InChI=1S/C24H24ClN5O6S/c1-3-34-20-8-5-15(11-21(20)35-4-2)9-10-29-23(31)19(26-24(29)37)12-16-6-7-17(36-16)13-28-14-18(25)22(27-28)30(32)33/h5-8,11-12,14H,3-4,9-10,13H2,1-2H3,(H,26,37)/b19-12+. The average Bonchev–Trinajstić information content (AvgIpc) is 3.52. The zero-order valence-corrected chi connectivity index (χ0v) is 21.7. The van der Waals surface area contributed by atoms with Crippen molar-refractivity contribution in [2.75, 3.05) is 19.8 Å². The Balaban J connectivity index is 1.40. The first-order valence-corrected chi connectivity index (χ1v) is 12.3. The summed E-state index contributed by atoms with van der Waals surface area (Å²) < 4.78 is 18.3. The number of rotatable bonds is 11. The number of aromatic nitrogens is 2. The van der Waals surface area contributed by atoms with Gasteiger partial charge in [-0.1, -0.05) is 17.7 Å². The van der Waals surface area contributed by atoms with Crippen LogP contribution in [-0.4, -0.2) is 50.4 Å². The number of nitrogens with one attached hydrogen (secondary N) is 1. The van der Waals surface area contributed by atoms with Crippen molar-refractivity contribution in [1.82, 2.24) is 20.0 Å². The largest absolute Gasteiger partial charge is 0.490 e. The summed E-state index contributed by atoms with van der Waals surface area (Å²) in [7, 11) is 0. The maximum atomic E-state index is 13.0. The van der Waals surface area contributed by atoms with E-state index in [2.05, 4.69) is 10.4 Å². The first-order chi connectivity index (χ1) is 17.8. The molecular formula is C24H24ClN5O6S. The third-order valence-corrected chi connectivity index (χ3v) is 5.94. The van der Waals surface area contributed by atoms with Gasteiger partial charge in [0.25, 0.3) is 5.91 Å². The van der Waals surface area contributed by atoms with Crippen molar-refractivity contribution in [2.45, 2.75) is 26.8 Å². The molecule has 1 fully saturated rings. The Bertz CT molecular complexity index is 1370. The van der Waals surface area contributed by atoms with Crippen molar-refractivity contribution in [1.29, 1.82) is 0 Å². The molecule has 0 spiro atoms. The minimum absolute atomic E-state index is 0.0624. The van der Waals surface area contributed by atoms with Crippen LogP contribution in [0.1, 0.15) is 30.9 Å². The molecular weight excluding hydrogens is 522 g/mol. The van der Waals surface area contributed by atoms with Crippen LogP contribution >= 0.6 is 23.8 Å². The molecule has 194 valence electrons. The lowest BCUT2D eigenvalue weighted by atomic mass is 10.1. The Morgan fingerprint density at radius 3 is 2.68 bits per heavy atom. The normalized spacial score (nSPS) is 14.4. The van der Waals surface area contributed by atoms with Gasteiger partial charge >= 0.3 is 5.82 Å². The van der Waals surface area contributed by atoms with Gasteiger partial charge in [-0.15, -0.1) is 0 Å². The highest BCUT2D eigenvalue weighted by molar-refractivity contribution is 7.80. The summed E-state index contributed by atoms with van der Waals surface area (Å²) in [4.78, 5) is 24.7. The van der Waals surface area contributed by atoms with Gasteiger partial charge in [-0.25, -0.2) is 0 Å². The number of benzene rings is 1. The number of amides is 1. The first-order valence-electron chi connectivity index (χ1n) is 11.5. The summed E-state index contributed by atoms with van der Waals surface area (Å²) in [5.74, 6) is 1.54. The lowest BCUT2D eigenvalue weighted by molar-refractivity contribution is -0.389. The molecule has 0 radical (unpaired) electrons. The van der Waals surface area contributed by atoms with E-state index in [4.69, 9.17) is 37.7 Å². The van der Waals surface area contributed by atoms with Crippen LogP contribution in [0.5, 0.6) is 11.5 Å². The Morgan fingerprint density at radius 1 is 1.22 bits per heavy atom. The number of hydrogen-bond acceptors (Lipinski definition) is 8. The molecule has 1 amide bonds. The Morgan fingerprint density at radius 2 is 1.97 bits per heavy atom. The van der Waals surface area contributed by atoms with E-state index in [0.717, 1.165) is 5.56 Å². The van der Waals surface area contributed by atoms with Crippen molar-refractivity contribution in [3.63, 3.8) is 0 Å². The van der Waals surface area contributed by atoms with Crippen LogP contribution in [0, 0.1) is 10.1 Å². The van der Waals surface area contributed by atoms with Crippen LogP contribution in [0.4, 0.5) is 5.82 Å². The monoisotopic (exact) mass is 545 g/mol. The number of halogens is 1. The molecule has 1 saturated heterocycles. The molecule has 0 atom stereocenters. The number of ether oxygens (including phenoxy) is 2. The molecule has 37 heavy (non-hydrogen) atoms. The fourth-order valence-corrected chi connectivity index (χ4v) is 4.22. The summed E-state index contributed by atoms with van der Waals surface area (Å²) in [6.45, 7) is 5.38. The fraction of sp³-hybridized carbons (Fsp3) is 0.292. The Hall–Kier alpha value is -3.90. The molecule has 1 aliphatic rings. The van der Waals surface area contributed by atoms with E-state index in [-0.39, 0.29) is 23.2 Å². The number of thiocarbonyl (C=S) groups is 1. The van der Waals surface area contributed by atoms with Crippen molar-refractivity contribution in [3.05, 3.63) is 74.4 Å². The van der Waals surface area contributed by atoms with E-state index in [9.17, 15) is 14.9 Å². The van der Waals surface area contributed by atoms with Gasteiger partial charge in [0.05, 0.1) is 24.5 Å². The third-order valence-electron chi connectivity index (χ3n) is 5.35. The van der Waals surface area contributed by atoms with Crippen LogP contribution in [0.25, 0.3) is 6.08 Å². The van der Waals surface area contributed by atoms with E-state index in [1.807, 2.05) is 32.0 Å². The molecule has 3 heterocycles. The predicted molar refractivity (Wildman–Crippen MR) is 140 cm³/mol. The van der Waals surface area contributed by atoms with Crippen molar-refractivity contribution in [2.24, 2.45) is 0 Å². The van der Waals surface area contributed by atoms with Gasteiger partial charge in [0.1, 0.15) is 23.8 Å². The number of carbonyl (C=O) groups is 1. The summed E-state index contributed by atoms with van der Waals surface area (Å²) in [6.07, 6.45) is 3.47. The van der Waals surface area contributed by atoms with Crippen LogP contribution in [0.2, 0.25) is 5.02 Å². The lowest BCUT2D eigenvalue weighted by Crippen LogP contribution is -2.32. The highest BCUT2D eigenvalue weighted by Gasteiger charge is 2.30. The summed E-state index contributed by atoms with van der Waals surface area (Å²) >= 11 is 11.2. The zero-order valence-electron chi connectivity index (χ0n) is 20.1. The van der Waals surface area contributed by atoms with E-state index < -0.39 is 10.7 Å². The molecule has 1 N–H and O–H groups in total. The molecule has 13 heteroatoms. The topological polar surface area (TPSA) is 125 Å². The number of nitro groups is 1. The smallest absolute Gasteiger partial charge is 0.408 e. The summed E-state index contributed by atoms with van der Waals surface area (Å²) in [6, 6.07) is 9.07. The molecule has 11 nitrogen and oxygen atoms in total. The van der Waals surface area contributed by atoms with Crippen molar-refractivity contribution >= 4 is 46.7 Å². The molecule has 0 bridgehead atoms. The van der Waals surface area contributed by atoms with Gasteiger partial charge in [-0.2, -0.15) is 4.68 Å². The van der Waals surface area contributed by atoms with Gasteiger partial charge < -0.3 is 29.3 Å². The lowest BCUT2D eigenvalue weighted by Gasteiger charge is -2.15. The summed E-state index contributed by atoms with van der Waals surface area (Å²) in [5.41, 5.74) is 1.26. The Kier molecular flexibility index (Phi) is 8.09. The molecule has 0 aliphatic carbocycles. The van der Waals surface area contributed by atoms with Gasteiger partial charge in [-0.3, -0.25) is 9.69 Å². The molecule has 0 unspecified atom stereocenters.